The van der Waals surface area contributed by atoms with Crippen LogP contribution in [-0.2, 0) is 9.59 Å². The zero-order valence-electron chi connectivity index (χ0n) is 10.5. The molecule has 2 amide bonds. The van der Waals surface area contributed by atoms with E-state index in [1.165, 1.54) is 17.0 Å². The van der Waals surface area contributed by atoms with Crippen LogP contribution in [0.3, 0.4) is 0 Å². The summed E-state index contributed by atoms with van der Waals surface area (Å²) in [5.74, 6) is -0.437. The second kappa shape index (κ2) is 4.64. The van der Waals surface area contributed by atoms with Crippen molar-refractivity contribution in [1.29, 1.82) is 0 Å². The molecule has 0 aromatic heterocycles. The molecule has 0 aliphatic carbocycles. The van der Waals surface area contributed by atoms with Crippen LogP contribution in [0.15, 0.2) is 24.3 Å². The maximum absolute atomic E-state index is 13.3. The van der Waals surface area contributed by atoms with Gasteiger partial charge in [0, 0.05) is 25.2 Å². The zero-order chi connectivity index (χ0) is 13.4. The highest BCUT2D eigenvalue weighted by atomic mass is 19.1. The number of carbonyl (C=O) groups excluding carboxylic acids is 2. The fraction of sp³-hybridized carbons (Fsp3) is 0.429. The average molecular weight is 262 g/mol. The van der Waals surface area contributed by atoms with Gasteiger partial charge in [0.2, 0.25) is 11.8 Å². The molecule has 1 aromatic rings. The Bertz CT molecular complexity index is 532. The van der Waals surface area contributed by atoms with Crippen molar-refractivity contribution in [2.75, 3.05) is 18.0 Å². The predicted octanol–water partition coefficient (Wildman–Crippen LogP) is 1.55. The Morgan fingerprint density at radius 2 is 2.05 bits per heavy atom. The third-order valence-corrected chi connectivity index (χ3v) is 3.79. The van der Waals surface area contributed by atoms with Crippen LogP contribution in [0, 0.1) is 5.82 Å². The van der Waals surface area contributed by atoms with E-state index in [9.17, 15) is 14.0 Å². The summed E-state index contributed by atoms with van der Waals surface area (Å²) in [6, 6.07) is 5.61. The number of amides is 2. The van der Waals surface area contributed by atoms with Gasteiger partial charge in [-0.15, -0.1) is 0 Å². The molecular formula is C14H15FN2O2. The van der Waals surface area contributed by atoms with Crippen LogP contribution in [0.1, 0.15) is 19.3 Å². The van der Waals surface area contributed by atoms with Crippen LogP contribution in [0.2, 0.25) is 0 Å². The number of anilines is 1. The molecular weight excluding hydrogens is 247 g/mol. The van der Waals surface area contributed by atoms with Crippen molar-refractivity contribution in [3.05, 3.63) is 30.1 Å². The molecule has 0 bridgehead atoms. The lowest BCUT2D eigenvalue weighted by Gasteiger charge is -2.25. The number of nitrogens with zero attached hydrogens (tertiary/aromatic N) is 2. The third-order valence-electron chi connectivity index (χ3n) is 3.79. The molecule has 100 valence electrons. The van der Waals surface area contributed by atoms with E-state index >= 15 is 0 Å². The zero-order valence-corrected chi connectivity index (χ0v) is 10.5. The van der Waals surface area contributed by atoms with Crippen LogP contribution in [0.4, 0.5) is 10.1 Å². The molecule has 2 heterocycles. The third kappa shape index (κ3) is 2.09. The summed E-state index contributed by atoms with van der Waals surface area (Å²) in [6.07, 6.45) is 1.87. The summed E-state index contributed by atoms with van der Waals surface area (Å²) in [6.45, 7) is 0.986. The summed E-state index contributed by atoms with van der Waals surface area (Å²) in [7, 11) is 0. The summed E-state index contributed by atoms with van der Waals surface area (Å²) in [4.78, 5) is 27.7. The summed E-state index contributed by atoms with van der Waals surface area (Å²) < 4.78 is 13.3. The minimum Gasteiger partial charge on any atom is -0.331 e. The molecule has 0 N–H and O–H groups in total. The molecule has 19 heavy (non-hydrogen) atoms. The quantitative estimate of drug-likeness (QED) is 0.770. The van der Waals surface area contributed by atoms with E-state index in [-0.39, 0.29) is 23.7 Å². The highest BCUT2D eigenvalue weighted by Crippen LogP contribution is 2.27. The van der Waals surface area contributed by atoms with Gasteiger partial charge in [-0.05, 0) is 31.0 Å². The van der Waals surface area contributed by atoms with E-state index in [0.717, 1.165) is 6.42 Å². The molecule has 4 nitrogen and oxygen atoms in total. The summed E-state index contributed by atoms with van der Waals surface area (Å²) in [5, 5.41) is 0. The smallest absolute Gasteiger partial charge is 0.249 e. The lowest BCUT2D eigenvalue weighted by atomic mass is 10.2. The molecule has 2 aliphatic rings. The van der Waals surface area contributed by atoms with Gasteiger partial charge in [-0.25, -0.2) is 4.39 Å². The Labute approximate surface area is 110 Å². The lowest BCUT2D eigenvalue weighted by molar-refractivity contribution is -0.135. The maximum Gasteiger partial charge on any atom is 0.249 e. The Balaban J connectivity index is 1.94. The topological polar surface area (TPSA) is 40.6 Å². The van der Waals surface area contributed by atoms with Gasteiger partial charge in [-0.3, -0.25) is 9.59 Å². The van der Waals surface area contributed by atoms with Crippen LogP contribution in [0.5, 0.6) is 0 Å². The highest BCUT2D eigenvalue weighted by molar-refractivity contribution is 6.01. The number of carbonyl (C=O) groups is 2. The predicted molar refractivity (Wildman–Crippen MR) is 68.1 cm³/mol. The molecule has 1 aromatic carbocycles. The van der Waals surface area contributed by atoms with E-state index < -0.39 is 0 Å². The molecule has 2 saturated heterocycles. The van der Waals surface area contributed by atoms with Crippen molar-refractivity contribution < 1.29 is 14.0 Å². The van der Waals surface area contributed by atoms with E-state index in [1.807, 2.05) is 0 Å². The lowest BCUT2D eigenvalue weighted by Crippen LogP contribution is -2.43. The average Bonchev–Trinajstić information content (AvgIpc) is 2.84. The van der Waals surface area contributed by atoms with Crippen LogP contribution in [-0.4, -0.2) is 35.8 Å². The first-order valence-electron chi connectivity index (χ1n) is 6.53. The number of hydrogen-bond donors (Lipinski definition) is 0. The second-order valence-electron chi connectivity index (χ2n) is 4.96. The van der Waals surface area contributed by atoms with Crippen molar-refractivity contribution in [2.45, 2.75) is 25.3 Å². The molecule has 2 aliphatic heterocycles. The Kier molecular flexibility index (Phi) is 2.97. The largest absolute Gasteiger partial charge is 0.331 e. The number of benzene rings is 1. The van der Waals surface area contributed by atoms with Crippen molar-refractivity contribution in [1.82, 2.24) is 4.90 Å². The number of halogens is 1. The van der Waals surface area contributed by atoms with Gasteiger partial charge in [-0.2, -0.15) is 0 Å². The molecule has 5 heteroatoms. The van der Waals surface area contributed by atoms with Crippen molar-refractivity contribution in [3.8, 4) is 0 Å². The summed E-state index contributed by atoms with van der Waals surface area (Å²) >= 11 is 0. The van der Waals surface area contributed by atoms with Crippen LogP contribution >= 0.6 is 0 Å². The van der Waals surface area contributed by atoms with E-state index in [2.05, 4.69) is 0 Å². The first kappa shape index (κ1) is 12.1. The molecule has 2 fully saturated rings. The van der Waals surface area contributed by atoms with E-state index in [0.29, 0.717) is 31.6 Å². The maximum atomic E-state index is 13.3. The van der Waals surface area contributed by atoms with Gasteiger partial charge in [-0.1, -0.05) is 6.07 Å². The van der Waals surface area contributed by atoms with Gasteiger partial charge in [0.05, 0.1) is 0 Å². The number of hydrogen-bond acceptors (Lipinski definition) is 2. The van der Waals surface area contributed by atoms with Gasteiger partial charge in [0.1, 0.15) is 11.9 Å². The Hall–Kier alpha value is -1.91. The van der Waals surface area contributed by atoms with Gasteiger partial charge in [0.15, 0.2) is 0 Å². The standard InChI is InChI=1S/C14H15FN2O2/c15-10-3-1-4-11(9-10)16-8-6-13(18)17-7-2-5-12(17)14(16)19/h1,3-4,9,12H,2,5-8H2. The molecule has 0 saturated carbocycles. The fourth-order valence-corrected chi connectivity index (χ4v) is 2.86. The minimum atomic E-state index is -0.371. The molecule has 0 radical (unpaired) electrons. The van der Waals surface area contributed by atoms with Gasteiger partial charge < -0.3 is 9.80 Å². The van der Waals surface area contributed by atoms with Crippen molar-refractivity contribution >= 4 is 17.5 Å². The first-order valence-corrected chi connectivity index (χ1v) is 6.53. The number of rotatable bonds is 1. The van der Waals surface area contributed by atoms with Crippen molar-refractivity contribution in [3.63, 3.8) is 0 Å². The Morgan fingerprint density at radius 1 is 1.21 bits per heavy atom. The van der Waals surface area contributed by atoms with E-state index in [1.54, 1.807) is 17.0 Å². The molecule has 1 unspecified atom stereocenters. The first-order chi connectivity index (χ1) is 9.16. The SMILES string of the molecule is O=C1C2CCCN2C(=O)CCN1c1cccc(F)c1. The monoisotopic (exact) mass is 262 g/mol. The summed E-state index contributed by atoms with van der Waals surface area (Å²) in [5.41, 5.74) is 0.534. The second-order valence-corrected chi connectivity index (χ2v) is 4.96. The Morgan fingerprint density at radius 3 is 2.84 bits per heavy atom. The number of fused-ring (bicyclic) bond motifs is 1. The fourth-order valence-electron chi connectivity index (χ4n) is 2.86. The molecule has 3 rings (SSSR count). The van der Waals surface area contributed by atoms with Gasteiger partial charge >= 0.3 is 0 Å². The van der Waals surface area contributed by atoms with Crippen LogP contribution < -0.4 is 4.90 Å². The molecule has 0 spiro atoms. The van der Waals surface area contributed by atoms with Crippen LogP contribution in [0.25, 0.3) is 0 Å². The highest BCUT2D eigenvalue weighted by Gasteiger charge is 2.39. The van der Waals surface area contributed by atoms with Crippen molar-refractivity contribution in [2.24, 2.45) is 0 Å². The molecule has 1 atom stereocenters. The minimum absolute atomic E-state index is 0.0229. The van der Waals surface area contributed by atoms with Gasteiger partial charge in [0.25, 0.3) is 0 Å². The normalized spacial score (nSPS) is 23.5. The van der Waals surface area contributed by atoms with E-state index in [4.69, 9.17) is 0 Å².